The minimum atomic E-state index is -0.375. The van der Waals surface area contributed by atoms with E-state index in [9.17, 15) is 9.59 Å². The maximum absolute atomic E-state index is 12.0. The van der Waals surface area contributed by atoms with Gasteiger partial charge in [-0.25, -0.2) is 5.48 Å². The number of thioether (sulfide) groups is 1. The number of amides is 2. The van der Waals surface area contributed by atoms with E-state index in [0.29, 0.717) is 30.2 Å². The zero-order chi connectivity index (χ0) is 15.2. The summed E-state index contributed by atoms with van der Waals surface area (Å²) in [5.41, 5.74) is 2.52. The number of hydrogen-bond donors (Lipinski definition) is 2. The molecule has 1 aliphatic rings. The van der Waals surface area contributed by atoms with Crippen LogP contribution in [-0.2, 0) is 9.59 Å². The molecule has 0 fully saturated rings. The highest BCUT2D eigenvalue weighted by Gasteiger charge is 2.24. The second kappa shape index (κ2) is 7.68. The van der Waals surface area contributed by atoms with Gasteiger partial charge in [0.05, 0.1) is 11.4 Å². The summed E-state index contributed by atoms with van der Waals surface area (Å²) in [6, 6.07) is 5.55. The van der Waals surface area contributed by atoms with Crippen molar-refractivity contribution in [3.63, 3.8) is 0 Å². The summed E-state index contributed by atoms with van der Waals surface area (Å²) in [4.78, 5) is 25.7. The molecule has 0 saturated carbocycles. The van der Waals surface area contributed by atoms with E-state index in [2.05, 4.69) is 0 Å². The number of anilines is 1. The number of halogens is 1. The van der Waals surface area contributed by atoms with Crippen molar-refractivity contribution in [3.05, 3.63) is 23.2 Å². The Morgan fingerprint density at radius 1 is 1.38 bits per heavy atom. The summed E-state index contributed by atoms with van der Waals surface area (Å²) in [6.07, 6.45) is 2.63. The second-order valence-corrected chi connectivity index (χ2v) is 6.25. The molecule has 0 aliphatic carbocycles. The van der Waals surface area contributed by atoms with E-state index in [1.165, 1.54) is 11.8 Å². The number of benzene rings is 1. The molecule has 7 heteroatoms. The van der Waals surface area contributed by atoms with Gasteiger partial charge in [0.2, 0.25) is 11.8 Å². The Morgan fingerprint density at radius 3 is 2.95 bits per heavy atom. The molecule has 0 atom stereocenters. The summed E-state index contributed by atoms with van der Waals surface area (Å²) >= 11 is 7.48. The van der Waals surface area contributed by atoms with Gasteiger partial charge in [0, 0.05) is 22.9 Å². The number of fused-ring (bicyclic) bond motifs is 1. The van der Waals surface area contributed by atoms with E-state index in [4.69, 9.17) is 16.8 Å². The van der Waals surface area contributed by atoms with Crippen LogP contribution in [0.15, 0.2) is 23.1 Å². The minimum Gasteiger partial charge on any atom is -0.311 e. The molecule has 1 aromatic carbocycles. The third kappa shape index (κ3) is 4.36. The molecule has 2 N–H and O–H groups in total. The van der Waals surface area contributed by atoms with Crippen LogP contribution in [0.25, 0.3) is 0 Å². The fourth-order valence-electron chi connectivity index (χ4n) is 2.21. The van der Waals surface area contributed by atoms with Crippen molar-refractivity contribution in [2.45, 2.75) is 30.6 Å². The van der Waals surface area contributed by atoms with Crippen LogP contribution in [-0.4, -0.2) is 29.3 Å². The molecule has 0 radical (unpaired) electrons. The summed E-state index contributed by atoms with van der Waals surface area (Å²) in [5.74, 6) is 0.156. The number of hydroxylamine groups is 1. The highest BCUT2D eigenvalue weighted by atomic mass is 35.5. The maximum Gasteiger partial charge on any atom is 0.243 e. The van der Waals surface area contributed by atoms with Gasteiger partial charge in [0.1, 0.15) is 0 Å². The largest absolute Gasteiger partial charge is 0.311 e. The highest BCUT2D eigenvalue weighted by Crippen LogP contribution is 2.37. The van der Waals surface area contributed by atoms with Crippen molar-refractivity contribution in [2.24, 2.45) is 0 Å². The Balaban J connectivity index is 1.88. The molecular formula is C14H17ClN2O3S. The van der Waals surface area contributed by atoms with Gasteiger partial charge in [-0.15, -0.1) is 11.8 Å². The average molecular weight is 329 g/mol. The first kappa shape index (κ1) is 16.1. The van der Waals surface area contributed by atoms with E-state index < -0.39 is 0 Å². The number of nitrogens with zero attached hydrogens (tertiary/aromatic N) is 1. The first-order valence-corrected chi connectivity index (χ1v) is 8.14. The first-order chi connectivity index (χ1) is 10.1. The molecule has 0 bridgehead atoms. The Morgan fingerprint density at radius 2 is 2.19 bits per heavy atom. The fourth-order valence-corrected chi connectivity index (χ4v) is 3.42. The molecule has 1 aromatic rings. The van der Waals surface area contributed by atoms with Crippen LogP contribution in [0.3, 0.4) is 0 Å². The van der Waals surface area contributed by atoms with Crippen LogP contribution >= 0.6 is 23.4 Å². The molecule has 21 heavy (non-hydrogen) atoms. The van der Waals surface area contributed by atoms with Crippen molar-refractivity contribution < 1.29 is 14.8 Å². The number of carbonyl (C=O) groups is 2. The van der Waals surface area contributed by atoms with E-state index in [1.54, 1.807) is 16.4 Å². The van der Waals surface area contributed by atoms with Crippen LogP contribution < -0.4 is 10.4 Å². The van der Waals surface area contributed by atoms with Crippen LogP contribution in [0.5, 0.6) is 0 Å². The summed E-state index contributed by atoms with van der Waals surface area (Å²) < 4.78 is 0. The lowest BCUT2D eigenvalue weighted by molar-refractivity contribution is -0.129. The molecule has 0 saturated heterocycles. The smallest absolute Gasteiger partial charge is 0.243 e. The summed E-state index contributed by atoms with van der Waals surface area (Å²) in [7, 11) is 0. The molecule has 2 amide bonds. The zero-order valence-corrected chi connectivity index (χ0v) is 13.0. The van der Waals surface area contributed by atoms with Crippen LogP contribution in [0.1, 0.15) is 25.7 Å². The maximum atomic E-state index is 12.0. The highest BCUT2D eigenvalue weighted by molar-refractivity contribution is 8.00. The zero-order valence-electron chi connectivity index (χ0n) is 11.5. The molecule has 0 unspecified atom stereocenters. The number of unbranched alkanes of at least 4 members (excludes halogenated alkanes) is 2. The topological polar surface area (TPSA) is 69.6 Å². The standard InChI is InChI=1S/C14H17ClN2O3S/c15-10-5-6-11-12(8-10)21-9-14(19)17(11)7-3-1-2-4-13(18)16-20/h5-6,8,20H,1-4,7,9H2,(H,16,18). The van der Waals surface area contributed by atoms with E-state index in [1.807, 2.05) is 12.1 Å². The summed E-state index contributed by atoms with van der Waals surface area (Å²) in [5, 5.41) is 9.07. The molecule has 1 aliphatic heterocycles. The van der Waals surface area contributed by atoms with E-state index in [-0.39, 0.29) is 11.8 Å². The number of carbonyl (C=O) groups excluding carboxylic acids is 2. The molecule has 0 spiro atoms. The van der Waals surface area contributed by atoms with Gasteiger partial charge in [-0.2, -0.15) is 0 Å². The summed E-state index contributed by atoms with van der Waals surface area (Å²) in [6.45, 7) is 0.634. The van der Waals surface area contributed by atoms with Crippen molar-refractivity contribution in [3.8, 4) is 0 Å². The van der Waals surface area contributed by atoms with Gasteiger partial charge in [-0.05, 0) is 31.0 Å². The predicted octanol–water partition coefficient (Wildman–Crippen LogP) is 2.84. The lowest BCUT2D eigenvalue weighted by atomic mass is 10.1. The minimum absolute atomic E-state index is 0.0999. The number of hydrogen-bond acceptors (Lipinski definition) is 4. The van der Waals surface area contributed by atoms with Crippen molar-refractivity contribution in [1.29, 1.82) is 0 Å². The van der Waals surface area contributed by atoms with Gasteiger partial charge in [-0.1, -0.05) is 18.0 Å². The van der Waals surface area contributed by atoms with Crippen molar-refractivity contribution in [1.82, 2.24) is 5.48 Å². The monoisotopic (exact) mass is 328 g/mol. The molecular weight excluding hydrogens is 312 g/mol. The first-order valence-electron chi connectivity index (χ1n) is 6.77. The van der Waals surface area contributed by atoms with Gasteiger partial charge in [0.15, 0.2) is 0 Å². The fraction of sp³-hybridized carbons (Fsp3) is 0.429. The quantitative estimate of drug-likeness (QED) is 0.478. The number of rotatable bonds is 6. The third-order valence-corrected chi connectivity index (χ3v) is 4.54. The van der Waals surface area contributed by atoms with Gasteiger partial charge in [-0.3, -0.25) is 14.8 Å². The SMILES string of the molecule is O=C(CCCCCN1C(=O)CSc2cc(Cl)ccc21)NO. The van der Waals surface area contributed by atoms with Crippen LogP contribution in [0, 0.1) is 0 Å². The average Bonchev–Trinajstić information content (AvgIpc) is 2.48. The molecule has 114 valence electrons. The Labute approximate surface area is 132 Å². The lowest BCUT2D eigenvalue weighted by Gasteiger charge is -2.29. The Kier molecular flexibility index (Phi) is 5.90. The Bertz CT molecular complexity index is 539. The molecule has 5 nitrogen and oxygen atoms in total. The van der Waals surface area contributed by atoms with Crippen LogP contribution in [0.4, 0.5) is 5.69 Å². The second-order valence-electron chi connectivity index (χ2n) is 4.79. The molecule has 1 heterocycles. The van der Waals surface area contributed by atoms with Gasteiger partial charge in [0.25, 0.3) is 0 Å². The van der Waals surface area contributed by atoms with E-state index >= 15 is 0 Å². The lowest BCUT2D eigenvalue weighted by Crippen LogP contribution is -2.36. The number of nitrogens with one attached hydrogen (secondary N) is 1. The Hall–Kier alpha value is -1.24. The van der Waals surface area contributed by atoms with Gasteiger partial charge < -0.3 is 4.90 Å². The van der Waals surface area contributed by atoms with Crippen LogP contribution in [0.2, 0.25) is 5.02 Å². The van der Waals surface area contributed by atoms with Crippen molar-refractivity contribution in [2.75, 3.05) is 17.2 Å². The van der Waals surface area contributed by atoms with E-state index in [0.717, 1.165) is 23.4 Å². The molecule has 2 rings (SSSR count). The van der Waals surface area contributed by atoms with Crippen molar-refractivity contribution >= 4 is 40.9 Å². The normalized spacial score (nSPS) is 14.0. The third-order valence-electron chi connectivity index (χ3n) is 3.28. The predicted molar refractivity (Wildman–Crippen MR) is 82.9 cm³/mol. The van der Waals surface area contributed by atoms with Gasteiger partial charge >= 0.3 is 0 Å². The molecule has 0 aromatic heterocycles.